The van der Waals surface area contributed by atoms with Crippen molar-refractivity contribution in [1.82, 2.24) is 30.1 Å². The molecule has 0 aliphatic heterocycles. The van der Waals surface area contributed by atoms with Crippen LogP contribution in [0, 0.1) is 5.92 Å². The van der Waals surface area contributed by atoms with Gasteiger partial charge >= 0.3 is 0 Å². The summed E-state index contributed by atoms with van der Waals surface area (Å²) in [7, 11) is 0. The lowest BCUT2D eigenvalue weighted by atomic mass is 10.0. The van der Waals surface area contributed by atoms with Gasteiger partial charge in [0.1, 0.15) is 6.04 Å². The van der Waals surface area contributed by atoms with Crippen molar-refractivity contribution < 1.29 is 4.79 Å². The largest absolute Gasteiger partial charge is 0.347 e. The number of nitrogens with zero attached hydrogens (tertiary/aromatic N) is 5. The van der Waals surface area contributed by atoms with Gasteiger partial charge in [-0.25, -0.2) is 0 Å². The van der Waals surface area contributed by atoms with Crippen LogP contribution in [-0.4, -0.2) is 30.7 Å². The van der Waals surface area contributed by atoms with E-state index in [2.05, 4.69) is 34.7 Å². The van der Waals surface area contributed by atoms with Gasteiger partial charge in [0.15, 0.2) is 5.82 Å². The van der Waals surface area contributed by atoms with Gasteiger partial charge in [-0.05, 0) is 47.0 Å². The summed E-state index contributed by atoms with van der Waals surface area (Å²) in [6.07, 6.45) is 4.60. The number of hydrogen-bond donors (Lipinski definition) is 1. The fourth-order valence-corrected chi connectivity index (χ4v) is 2.74. The number of nitrogens with one attached hydrogen (secondary N) is 1. The summed E-state index contributed by atoms with van der Waals surface area (Å²) in [5.74, 6) is 0.968. The summed E-state index contributed by atoms with van der Waals surface area (Å²) in [6.45, 7) is 4.50. The molecule has 1 aromatic carbocycles. The molecule has 1 N–H and O–H groups in total. The van der Waals surface area contributed by atoms with E-state index in [-0.39, 0.29) is 18.5 Å². The molecule has 25 heavy (non-hydrogen) atoms. The molecule has 3 aromatic rings. The van der Waals surface area contributed by atoms with E-state index in [4.69, 9.17) is 0 Å². The van der Waals surface area contributed by atoms with Crippen molar-refractivity contribution in [2.24, 2.45) is 5.92 Å². The molecule has 0 aliphatic carbocycles. The van der Waals surface area contributed by atoms with E-state index >= 15 is 0 Å². The van der Waals surface area contributed by atoms with E-state index in [0.29, 0.717) is 11.7 Å². The minimum atomic E-state index is -0.240. The molecule has 0 bridgehead atoms. The summed E-state index contributed by atoms with van der Waals surface area (Å²) in [4.78, 5) is 12.7. The Hall–Kier alpha value is -2.96. The third kappa shape index (κ3) is 4.12. The van der Waals surface area contributed by atoms with Crippen LogP contribution in [-0.2, 0) is 11.3 Å². The van der Waals surface area contributed by atoms with Crippen LogP contribution >= 0.6 is 0 Å². The van der Waals surface area contributed by atoms with Crippen molar-refractivity contribution in [2.75, 3.05) is 0 Å². The zero-order chi connectivity index (χ0) is 17.6. The van der Waals surface area contributed by atoms with Gasteiger partial charge in [-0.1, -0.05) is 32.0 Å². The van der Waals surface area contributed by atoms with Crippen LogP contribution in [0.4, 0.5) is 0 Å². The highest BCUT2D eigenvalue weighted by Crippen LogP contribution is 2.18. The first kappa shape index (κ1) is 16.9. The van der Waals surface area contributed by atoms with Gasteiger partial charge in [0.25, 0.3) is 0 Å². The SMILES string of the molecule is CC(C)C[C@H](C(=O)NCc1nnnn1-c1ccccc1)n1cccc1. The van der Waals surface area contributed by atoms with E-state index in [1.165, 1.54) is 0 Å². The summed E-state index contributed by atoms with van der Waals surface area (Å²) in [5.41, 5.74) is 0.862. The normalized spacial score (nSPS) is 12.3. The molecule has 1 amide bonds. The maximum Gasteiger partial charge on any atom is 0.243 e. The van der Waals surface area contributed by atoms with Crippen LogP contribution in [0.3, 0.4) is 0 Å². The second kappa shape index (κ2) is 7.74. The molecular weight excluding hydrogens is 316 g/mol. The van der Waals surface area contributed by atoms with Crippen molar-refractivity contribution >= 4 is 5.91 Å². The van der Waals surface area contributed by atoms with E-state index in [0.717, 1.165) is 12.1 Å². The Balaban J connectivity index is 1.71. The van der Waals surface area contributed by atoms with Gasteiger partial charge in [-0.15, -0.1) is 5.10 Å². The molecule has 7 nitrogen and oxygen atoms in total. The van der Waals surface area contributed by atoms with Crippen molar-refractivity contribution in [3.05, 3.63) is 60.7 Å². The maximum absolute atomic E-state index is 12.7. The average molecular weight is 338 g/mol. The molecule has 0 unspecified atom stereocenters. The topological polar surface area (TPSA) is 77.6 Å². The molecule has 0 fully saturated rings. The Bertz CT molecular complexity index is 794. The molecule has 130 valence electrons. The van der Waals surface area contributed by atoms with Crippen molar-refractivity contribution in [3.8, 4) is 5.69 Å². The molecule has 2 aromatic heterocycles. The number of hydrogen-bond acceptors (Lipinski definition) is 4. The number of benzene rings is 1. The second-order valence-electron chi connectivity index (χ2n) is 6.34. The van der Waals surface area contributed by atoms with Gasteiger partial charge in [0.05, 0.1) is 12.2 Å². The molecule has 1 atom stereocenters. The second-order valence-corrected chi connectivity index (χ2v) is 6.34. The highest BCUT2D eigenvalue weighted by atomic mass is 16.2. The average Bonchev–Trinajstić information content (AvgIpc) is 3.29. The number of carbonyl (C=O) groups is 1. The lowest BCUT2D eigenvalue weighted by Gasteiger charge is -2.20. The molecule has 0 spiro atoms. The number of aromatic nitrogens is 5. The Morgan fingerprint density at radius 1 is 1.12 bits per heavy atom. The molecule has 3 rings (SSSR count). The standard InChI is InChI=1S/C18H22N6O/c1-14(2)12-16(23-10-6-7-11-23)18(25)19-13-17-20-21-22-24(17)15-8-4-3-5-9-15/h3-11,14,16H,12-13H2,1-2H3,(H,19,25)/t16-/m1/s1. The van der Waals surface area contributed by atoms with E-state index < -0.39 is 0 Å². The molecule has 0 saturated carbocycles. The van der Waals surface area contributed by atoms with Crippen LogP contribution in [0.25, 0.3) is 5.69 Å². The van der Waals surface area contributed by atoms with E-state index in [1.807, 2.05) is 59.4 Å². The fraction of sp³-hybridized carbons (Fsp3) is 0.333. The van der Waals surface area contributed by atoms with E-state index in [1.54, 1.807) is 4.68 Å². The molecule has 0 saturated heterocycles. The third-order valence-electron chi connectivity index (χ3n) is 3.94. The quantitative estimate of drug-likeness (QED) is 0.717. The number of tetrazole rings is 1. The summed E-state index contributed by atoms with van der Waals surface area (Å²) < 4.78 is 3.57. The summed E-state index contributed by atoms with van der Waals surface area (Å²) in [5, 5.41) is 14.7. The van der Waals surface area contributed by atoms with Gasteiger partial charge in [-0.3, -0.25) is 4.79 Å². The zero-order valence-corrected chi connectivity index (χ0v) is 14.4. The van der Waals surface area contributed by atoms with Gasteiger partial charge in [0, 0.05) is 12.4 Å². The molecular formula is C18H22N6O. The first-order chi connectivity index (χ1) is 12.1. The smallest absolute Gasteiger partial charge is 0.243 e. The maximum atomic E-state index is 12.7. The van der Waals surface area contributed by atoms with Crippen molar-refractivity contribution in [1.29, 1.82) is 0 Å². The Kier molecular flexibility index (Phi) is 5.23. The van der Waals surface area contributed by atoms with Crippen LogP contribution in [0.5, 0.6) is 0 Å². The van der Waals surface area contributed by atoms with Gasteiger partial charge in [0.2, 0.25) is 5.91 Å². The third-order valence-corrected chi connectivity index (χ3v) is 3.94. The van der Waals surface area contributed by atoms with Crippen LogP contribution < -0.4 is 5.32 Å². The first-order valence-electron chi connectivity index (χ1n) is 8.38. The number of rotatable bonds is 7. The van der Waals surface area contributed by atoms with Crippen LogP contribution in [0.2, 0.25) is 0 Å². The fourth-order valence-electron chi connectivity index (χ4n) is 2.74. The zero-order valence-electron chi connectivity index (χ0n) is 14.4. The van der Waals surface area contributed by atoms with Crippen molar-refractivity contribution in [2.45, 2.75) is 32.9 Å². The predicted molar refractivity (Wildman–Crippen MR) is 93.9 cm³/mol. The van der Waals surface area contributed by atoms with E-state index in [9.17, 15) is 4.79 Å². The highest BCUT2D eigenvalue weighted by molar-refractivity contribution is 5.80. The summed E-state index contributed by atoms with van der Waals surface area (Å²) >= 11 is 0. The number of carbonyl (C=O) groups excluding carboxylic acids is 1. The van der Waals surface area contributed by atoms with Gasteiger partial charge in [-0.2, -0.15) is 4.68 Å². The minimum absolute atomic E-state index is 0.0347. The minimum Gasteiger partial charge on any atom is -0.347 e. The van der Waals surface area contributed by atoms with Gasteiger partial charge < -0.3 is 9.88 Å². The van der Waals surface area contributed by atoms with Crippen molar-refractivity contribution in [3.63, 3.8) is 0 Å². The molecule has 0 aliphatic rings. The number of amides is 1. The molecule has 7 heteroatoms. The van der Waals surface area contributed by atoms with Crippen LogP contribution in [0.15, 0.2) is 54.9 Å². The molecule has 2 heterocycles. The Labute approximate surface area is 146 Å². The first-order valence-corrected chi connectivity index (χ1v) is 8.38. The highest BCUT2D eigenvalue weighted by Gasteiger charge is 2.21. The Morgan fingerprint density at radius 3 is 2.52 bits per heavy atom. The predicted octanol–water partition coefficient (Wildman–Crippen LogP) is 2.37. The lowest BCUT2D eigenvalue weighted by molar-refractivity contribution is -0.125. The Morgan fingerprint density at radius 2 is 1.84 bits per heavy atom. The number of para-hydroxylation sites is 1. The lowest BCUT2D eigenvalue weighted by Crippen LogP contribution is -2.33. The molecule has 0 radical (unpaired) electrons. The monoisotopic (exact) mass is 338 g/mol. The summed E-state index contributed by atoms with van der Waals surface area (Å²) in [6, 6.07) is 13.2. The van der Waals surface area contributed by atoms with Crippen LogP contribution in [0.1, 0.15) is 32.1 Å².